The van der Waals surface area contributed by atoms with Gasteiger partial charge in [-0.25, -0.2) is 0 Å². The van der Waals surface area contributed by atoms with Crippen LogP contribution in [-0.4, -0.2) is 12.5 Å². The van der Waals surface area contributed by atoms with Crippen LogP contribution in [0.5, 0.6) is 0 Å². The Balaban J connectivity index is 0. The minimum atomic E-state index is 0.286. The van der Waals surface area contributed by atoms with Gasteiger partial charge >= 0.3 is 0 Å². The maximum Gasteiger partial charge on any atom is 0.223 e. The summed E-state index contributed by atoms with van der Waals surface area (Å²) in [4.78, 5) is 11.6. The van der Waals surface area contributed by atoms with E-state index in [0.29, 0.717) is 5.92 Å². The summed E-state index contributed by atoms with van der Waals surface area (Å²) < 4.78 is 0. The lowest BCUT2D eigenvalue weighted by atomic mass is 9.82. The molecular formula is C15H33NO. The summed E-state index contributed by atoms with van der Waals surface area (Å²) in [5.41, 5.74) is 0. The van der Waals surface area contributed by atoms with Crippen LogP contribution in [0.4, 0.5) is 0 Å². The number of hydrogen-bond donors (Lipinski definition) is 1. The van der Waals surface area contributed by atoms with Gasteiger partial charge in [0, 0.05) is 12.5 Å². The van der Waals surface area contributed by atoms with E-state index in [4.69, 9.17) is 0 Å². The van der Waals surface area contributed by atoms with E-state index in [1.807, 2.05) is 27.7 Å². The summed E-state index contributed by atoms with van der Waals surface area (Å²) in [5.74, 6) is 1.42. The van der Waals surface area contributed by atoms with Gasteiger partial charge in [-0.1, -0.05) is 41.5 Å². The van der Waals surface area contributed by atoms with Crippen LogP contribution in [-0.2, 0) is 4.79 Å². The summed E-state index contributed by atoms with van der Waals surface area (Å²) in [6, 6.07) is 0. The van der Waals surface area contributed by atoms with Gasteiger partial charge in [0.15, 0.2) is 0 Å². The number of hydrogen-bond acceptors (Lipinski definition) is 1. The van der Waals surface area contributed by atoms with Gasteiger partial charge in [0.05, 0.1) is 0 Å². The molecule has 1 saturated carbocycles. The molecule has 17 heavy (non-hydrogen) atoms. The molecule has 0 saturated heterocycles. The van der Waals surface area contributed by atoms with Crippen LogP contribution in [0.2, 0.25) is 0 Å². The lowest BCUT2D eigenvalue weighted by molar-refractivity contribution is -0.126. The SMILES string of the molecule is CC.CC.CCCNC(=O)C1CCC(C)CC1. The standard InChI is InChI=1S/C11H21NO.2C2H6/c1-3-8-12-11(13)10-6-4-9(2)5-7-10;2*1-2/h9-10H,3-8H2,1-2H3,(H,12,13);2*1-2H3. The highest BCUT2D eigenvalue weighted by Gasteiger charge is 2.23. The van der Waals surface area contributed by atoms with E-state index in [0.717, 1.165) is 31.7 Å². The predicted molar refractivity (Wildman–Crippen MR) is 77.1 cm³/mol. The molecule has 0 radical (unpaired) electrons. The zero-order chi connectivity index (χ0) is 13.7. The fourth-order valence-electron chi connectivity index (χ4n) is 1.91. The Labute approximate surface area is 109 Å². The first-order chi connectivity index (χ1) is 8.24. The molecule has 0 spiro atoms. The molecule has 0 aromatic carbocycles. The number of carbonyl (C=O) groups excluding carboxylic acids is 1. The third-order valence-corrected chi connectivity index (χ3v) is 2.94. The van der Waals surface area contributed by atoms with Crippen LogP contribution in [0.3, 0.4) is 0 Å². The zero-order valence-corrected chi connectivity index (χ0v) is 12.8. The van der Waals surface area contributed by atoms with Crippen molar-refractivity contribution in [2.24, 2.45) is 11.8 Å². The molecule has 0 atom stereocenters. The average Bonchev–Trinajstić information content (AvgIpc) is 2.41. The molecule has 0 unspecified atom stereocenters. The van der Waals surface area contributed by atoms with Gasteiger partial charge in [0.25, 0.3) is 0 Å². The first kappa shape index (κ1) is 18.8. The molecule has 0 heterocycles. The fraction of sp³-hybridized carbons (Fsp3) is 0.933. The second-order valence-electron chi connectivity index (χ2n) is 4.25. The van der Waals surface area contributed by atoms with Crippen LogP contribution < -0.4 is 5.32 Å². The molecule has 1 aliphatic carbocycles. The van der Waals surface area contributed by atoms with Crippen LogP contribution in [0.15, 0.2) is 0 Å². The summed E-state index contributed by atoms with van der Waals surface area (Å²) in [5, 5.41) is 2.98. The van der Waals surface area contributed by atoms with Crippen molar-refractivity contribution in [1.82, 2.24) is 5.32 Å². The smallest absolute Gasteiger partial charge is 0.223 e. The lowest BCUT2D eigenvalue weighted by Crippen LogP contribution is -2.33. The molecule has 1 aliphatic rings. The van der Waals surface area contributed by atoms with Crippen molar-refractivity contribution in [1.29, 1.82) is 0 Å². The molecule has 1 rings (SSSR count). The molecule has 2 nitrogen and oxygen atoms in total. The van der Waals surface area contributed by atoms with Crippen molar-refractivity contribution in [3.05, 3.63) is 0 Å². The number of rotatable bonds is 3. The predicted octanol–water partition coefficient (Wildman–Crippen LogP) is 4.39. The van der Waals surface area contributed by atoms with Crippen molar-refractivity contribution in [2.75, 3.05) is 6.54 Å². The topological polar surface area (TPSA) is 29.1 Å². The molecule has 1 N–H and O–H groups in total. The van der Waals surface area contributed by atoms with E-state index in [9.17, 15) is 4.79 Å². The molecule has 0 aromatic rings. The van der Waals surface area contributed by atoms with E-state index in [2.05, 4.69) is 19.2 Å². The Morgan fingerprint density at radius 2 is 1.53 bits per heavy atom. The summed E-state index contributed by atoms with van der Waals surface area (Å²) in [7, 11) is 0. The van der Waals surface area contributed by atoms with Crippen molar-refractivity contribution in [3.63, 3.8) is 0 Å². The summed E-state index contributed by atoms with van der Waals surface area (Å²) in [6.45, 7) is 13.2. The molecule has 0 aromatic heterocycles. The molecule has 104 valence electrons. The van der Waals surface area contributed by atoms with Crippen LogP contribution in [0.25, 0.3) is 0 Å². The maximum absolute atomic E-state index is 11.6. The van der Waals surface area contributed by atoms with E-state index in [-0.39, 0.29) is 5.91 Å². The summed E-state index contributed by atoms with van der Waals surface area (Å²) in [6.07, 6.45) is 5.68. The number of amides is 1. The van der Waals surface area contributed by atoms with Crippen LogP contribution in [0.1, 0.15) is 73.6 Å². The third kappa shape index (κ3) is 9.20. The normalized spacial score (nSPS) is 22.5. The van der Waals surface area contributed by atoms with Gasteiger partial charge in [-0.2, -0.15) is 0 Å². The van der Waals surface area contributed by atoms with Gasteiger partial charge < -0.3 is 5.32 Å². The van der Waals surface area contributed by atoms with Gasteiger partial charge in [0.2, 0.25) is 5.91 Å². The third-order valence-electron chi connectivity index (χ3n) is 2.94. The highest BCUT2D eigenvalue weighted by molar-refractivity contribution is 5.78. The zero-order valence-electron chi connectivity index (χ0n) is 12.8. The Morgan fingerprint density at radius 1 is 1.06 bits per heavy atom. The van der Waals surface area contributed by atoms with Gasteiger partial charge in [-0.3, -0.25) is 4.79 Å². The first-order valence-electron chi connectivity index (χ1n) is 7.51. The van der Waals surface area contributed by atoms with Crippen LogP contribution >= 0.6 is 0 Å². The van der Waals surface area contributed by atoms with Crippen molar-refractivity contribution >= 4 is 5.91 Å². The Hall–Kier alpha value is -0.530. The molecular weight excluding hydrogens is 210 g/mol. The molecule has 0 bridgehead atoms. The lowest BCUT2D eigenvalue weighted by Gasteiger charge is -2.25. The monoisotopic (exact) mass is 243 g/mol. The van der Waals surface area contributed by atoms with Gasteiger partial charge in [-0.05, 0) is 38.0 Å². The second-order valence-corrected chi connectivity index (χ2v) is 4.25. The van der Waals surface area contributed by atoms with Gasteiger partial charge in [0.1, 0.15) is 0 Å². The van der Waals surface area contributed by atoms with Crippen molar-refractivity contribution in [2.45, 2.75) is 73.6 Å². The summed E-state index contributed by atoms with van der Waals surface area (Å²) >= 11 is 0. The quantitative estimate of drug-likeness (QED) is 0.782. The largest absolute Gasteiger partial charge is 0.356 e. The minimum absolute atomic E-state index is 0.286. The fourth-order valence-corrected chi connectivity index (χ4v) is 1.91. The Bertz CT molecular complexity index is 160. The average molecular weight is 243 g/mol. The van der Waals surface area contributed by atoms with E-state index in [1.165, 1.54) is 12.8 Å². The van der Waals surface area contributed by atoms with Crippen molar-refractivity contribution in [3.8, 4) is 0 Å². The molecule has 2 heteroatoms. The van der Waals surface area contributed by atoms with Gasteiger partial charge in [-0.15, -0.1) is 0 Å². The number of carbonyl (C=O) groups is 1. The maximum atomic E-state index is 11.6. The molecule has 0 aliphatic heterocycles. The van der Waals surface area contributed by atoms with Crippen LogP contribution in [0, 0.1) is 11.8 Å². The first-order valence-corrected chi connectivity index (χ1v) is 7.51. The van der Waals surface area contributed by atoms with E-state index < -0.39 is 0 Å². The minimum Gasteiger partial charge on any atom is -0.356 e. The molecule has 1 fully saturated rings. The van der Waals surface area contributed by atoms with E-state index >= 15 is 0 Å². The second kappa shape index (κ2) is 13.5. The Morgan fingerprint density at radius 3 is 1.94 bits per heavy atom. The van der Waals surface area contributed by atoms with Crippen molar-refractivity contribution < 1.29 is 4.79 Å². The number of nitrogens with one attached hydrogen (secondary N) is 1. The Kier molecular flexibility index (Phi) is 15.0. The highest BCUT2D eigenvalue weighted by atomic mass is 16.1. The molecule has 1 amide bonds. The highest BCUT2D eigenvalue weighted by Crippen LogP contribution is 2.28. The van der Waals surface area contributed by atoms with E-state index in [1.54, 1.807) is 0 Å².